The minimum atomic E-state index is -0.588. The molecule has 0 saturated carbocycles. The zero-order valence-corrected chi connectivity index (χ0v) is 15.3. The number of nitrogens with zero attached hydrogens (tertiary/aromatic N) is 2. The van der Waals surface area contributed by atoms with Gasteiger partial charge in [-0.15, -0.1) is 0 Å². The number of fused-ring (bicyclic) bond motifs is 1. The number of carbonyl (C=O) groups is 1. The van der Waals surface area contributed by atoms with Gasteiger partial charge in [-0.1, -0.05) is 0 Å². The first-order valence-electron chi connectivity index (χ1n) is 8.98. The number of carbonyl (C=O) groups excluding carboxylic acids is 1. The third kappa shape index (κ3) is 3.76. The summed E-state index contributed by atoms with van der Waals surface area (Å²) in [5, 5.41) is 6.15. The van der Waals surface area contributed by atoms with Gasteiger partial charge in [-0.05, 0) is 72.1 Å². The number of hydrogen-bond donors (Lipinski definition) is 2. The molecule has 0 bridgehead atoms. The van der Waals surface area contributed by atoms with Crippen LogP contribution in [0.15, 0.2) is 65.9 Å². The number of aliphatic imine (C=N–C) groups is 1. The van der Waals surface area contributed by atoms with Crippen LogP contribution in [0.2, 0.25) is 0 Å². The molecule has 6 heteroatoms. The van der Waals surface area contributed by atoms with Gasteiger partial charge in [0.2, 0.25) is 5.91 Å². The van der Waals surface area contributed by atoms with Crippen LogP contribution in [0.3, 0.4) is 0 Å². The van der Waals surface area contributed by atoms with Crippen LogP contribution >= 0.6 is 0 Å². The average Bonchev–Trinajstić information content (AvgIpc) is 3.01. The van der Waals surface area contributed by atoms with E-state index in [2.05, 4.69) is 20.6 Å². The lowest BCUT2D eigenvalue weighted by Gasteiger charge is -2.10. The molecular weight excluding hydrogens is 355 g/mol. The highest BCUT2D eigenvalue weighted by Crippen LogP contribution is 2.32. The highest BCUT2D eigenvalue weighted by molar-refractivity contribution is 6.12. The molecule has 0 aliphatic carbocycles. The van der Waals surface area contributed by atoms with Crippen molar-refractivity contribution in [3.63, 3.8) is 0 Å². The number of benzene rings is 2. The Labute approximate surface area is 162 Å². The maximum absolute atomic E-state index is 13.5. The Hall–Kier alpha value is -3.54. The molecule has 140 valence electrons. The Balaban J connectivity index is 1.48. The van der Waals surface area contributed by atoms with E-state index >= 15 is 0 Å². The standard InChI is InChI=1S/C22H19FN4O/c1-14-10-17(3-5-20(14)26-12-15-6-8-24-9-7-15)25-13-19-18-11-16(23)2-4-21(18)27-22(19)28/h2-11,13,19,26H,12H2,1H3,(H,27,28). The molecular formula is C22H19FN4O. The molecule has 0 spiro atoms. The molecule has 2 aromatic carbocycles. The molecule has 0 radical (unpaired) electrons. The van der Waals surface area contributed by atoms with E-state index in [9.17, 15) is 9.18 Å². The fourth-order valence-electron chi connectivity index (χ4n) is 3.19. The normalized spacial score (nSPS) is 15.5. The van der Waals surface area contributed by atoms with Crippen LogP contribution in [-0.2, 0) is 11.3 Å². The second-order valence-corrected chi connectivity index (χ2v) is 6.68. The summed E-state index contributed by atoms with van der Waals surface area (Å²) >= 11 is 0. The molecule has 1 aromatic heterocycles. The number of hydrogen-bond acceptors (Lipinski definition) is 4. The van der Waals surface area contributed by atoms with E-state index in [0.717, 1.165) is 22.5 Å². The molecule has 1 aliphatic rings. The zero-order chi connectivity index (χ0) is 19.5. The van der Waals surface area contributed by atoms with Crippen molar-refractivity contribution >= 4 is 29.2 Å². The summed E-state index contributed by atoms with van der Waals surface area (Å²) < 4.78 is 13.5. The van der Waals surface area contributed by atoms with Crippen molar-refractivity contribution in [1.29, 1.82) is 0 Å². The van der Waals surface area contributed by atoms with E-state index in [1.807, 2.05) is 37.3 Å². The minimum absolute atomic E-state index is 0.197. The van der Waals surface area contributed by atoms with Gasteiger partial charge in [-0.25, -0.2) is 4.39 Å². The maximum atomic E-state index is 13.5. The van der Waals surface area contributed by atoms with Crippen molar-refractivity contribution in [2.24, 2.45) is 4.99 Å². The highest BCUT2D eigenvalue weighted by Gasteiger charge is 2.29. The fraction of sp³-hybridized carbons (Fsp3) is 0.136. The van der Waals surface area contributed by atoms with Crippen molar-refractivity contribution in [2.75, 3.05) is 10.6 Å². The number of amides is 1. The minimum Gasteiger partial charge on any atom is -0.381 e. The van der Waals surface area contributed by atoms with E-state index < -0.39 is 5.92 Å². The lowest BCUT2D eigenvalue weighted by molar-refractivity contribution is -0.115. The van der Waals surface area contributed by atoms with Gasteiger partial charge in [-0.2, -0.15) is 0 Å². The summed E-state index contributed by atoms with van der Waals surface area (Å²) in [6.45, 7) is 2.71. The van der Waals surface area contributed by atoms with E-state index in [1.165, 1.54) is 12.1 Å². The van der Waals surface area contributed by atoms with Gasteiger partial charge in [0.15, 0.2) is 0 Å². The van der Waals surface area contributed by atoms with Crippen molar-refractivity contribution in [2.45, 2.75) is 19.4 Å². The number of nitrogens with one attached hydrogen (secondary N) is 2. The van der Waals surface area contributed by atoms with Crippen molar-refractivity contribution in [1.82, 2.24) is 4.98 Å². The third-order valence-electron chi connectivity index (χ3n) is 4.70. The molecule has 28 heavy (non-hydrogen) atoms. The van der Waals surface area contributed by atoms with Gasteiger partial charge in [0.1, 0.15) is 11.7 Å². The van der Waals surface area contributed by atoms with Crippen LogP contribution in [0.1, 0.15) is 22.6 Å². The Bertz CT molecular complexity index is 1050. The topological polar surface area (TPSA) is 66.4 Å². The van der Waals surface area contributed by atoms with Crippen LogP contribution in [0, 0.1) is 12.7 Å². The molecule has 1 aliphatic heterocycles. The number of rotatable bonds is 5. The summed E-state index contributed by atoms with van der Waals surface area (Å²) in [4.78, 5) is 20.6. The molecule has 1 unspecified atom stereocenters. The zero-order valence-electron chi connectivity index (χ0n) is 15.3. The molecule has 2 heterocycles. The smallest absolute Gasteiger partial charge is 0.237 e. The first-order chi connectivity index (χ1) is 13.6. The largest absolute Gasteiger partial charge is 0.381 e. The molecule has 5 nitrogen and oxygen atoms in total. The summed E-state index contributed by atoms with van der Waals surface area (Å²) in [7, 11) is 0. The van der Waals surface area contributed by atoms with Crippen molar-refractivity contribution in [3.05, 3.63) is 83.4 Å². The van der Waals surface area contributed by atoms with Crippen molar-refractivity contribution < 1.29 is 9.18 Å². The van der Waals surface area contributed by atoms with Gasteiger partial charge < -0.3 is 10.6 Å². The molecule has 1 amide bonds. The number of aryl methyl sites for hydroxylation is 1. The summed E-state index contributed by atoms with van der Waals surface area (Å²) in [5.41, 5.74) is 5.20. The lowest BCUT2D eigenvalue weighted by atomic mass is 10.0. The number of aromatic nitrogens is 1. The van der Waals surface area contributed by atoms with Crippen LogP contribution < -0.4 is 10.6 Å². The summed E-state index contributed by atoms with van der Waals surface area (Å²) in [6, 6.07) is 14.0. The highest BCUT2D eigenvalue weighted by atomic mass is 19.1. The summed E-state index contributed by atoms with van der Waals surface area (Å²) in [5.74, 6) is -1.15. The maximum Gasteiger partial charge on any atom is 0.237 e. The average molecular weight is 374 g/mol. The lowest BCUT2D eigenvalue weighted by Crippen LogP contribution is -2.12. The Morgan fingerprint density at radius 1 is 1.18 bits per heavy atom. The monoisotopic (exact) mass is 374 g/mol. The van der Waals surface area contributed by atoms with Gasteiger partial charge in [-0.3, -0.25) is 14.8 Å². The molecule has 2 N–H and O–H groups in total. The SMILES string of the molecule is Cc1cc(N=CC2C(=O)Nc3ccc(F)cc32)ccc1NCc1ccncc1. The Morgan fingerprint density at radius 2 is 2.00 bits per heavy atom. The number of halogens is 1. The molecule has 0 fully saturated rings. The van der Waals surface area contributed by atoms with Crippen molar-refractivity contribution in [3.8, 4) is 0 Å². The quantitative estimate of drug-likeness (QED) is 0.643. The Morgan fingerprint density at radius 3 is 2.79 bits per heavy atom. The number of anilines is 2. The second kappa shape index (κ2) is 7.60. The Kier molecular flexibility index (Phi) is 4.85. The fourth-order valence-corrected chi connectivity index (χ4v) is 3.19. The van der Waals surface area contributed by atoms with Crippen LogP contribution in [0.25, 0.3) is 0 Å². The molecule has 3 aromatic rings. The molecule has 4 rings (SSSR count). The van der Waals surface area contributed by atoms with Gasteiger partial charge >= 0.3 is 0 Å². The predicted molar refractivity (Wildman–Crippen MR) is 109 cm³/mol. The summed E-state index contributed by atoms with van der Waals surface area (Å²) in [6.07, 6.45) is 5.11. The van der Waals surface area contributed by atoms with Crippen LogP contribution in [-0.4, -0.2) is 17.1 Å². The number of pyridine rings is 1. The molecule has 0 saturated heterocycles. The molecule has 1 atom stereocenters. The first kappa shape index (κ1) is 17.9. The van der Waals surface area contributed by atoms with Crippen LogP contribution in [0.4, 0.5) is 21.5 Å². The van der Waals surface area contributed by atoms with E-state index in [0.29, 0.717) is 17.8 Å². The predicted octanol–water partition coefficient (Wildman–Crippen LogP) is 4.58. The van der Waals surface area contributed by atoms with Gasteiger partial charge in [0.25, 0.3) is 0 Å². The van der Waals surface area contributed by atoms with Gasteiger partial charge in [0, 0.05) is 36.5 Å². The van der Waals surface area contributed by atoms with E-state index in [4.69, 9.17) is 0 Å². The second-order valence-electron chi connectivity index (χ2n) is 6.68. The van der Waals surface area contributed by atoms with E-state index in [-0.39, 0.29) is 11.7 Å². The third-order valence-corrected chi connectivity index (χ3v) is 4.70. The van der Waals surface area contributed by atoms with E-state index in [1.54, 1.807) is 24.7 Å². The van der Waals surface area contributed by atoms with Gasteiger partial charge in [0.05, 0.1) is 5.69 Å². The van der Waals surface area contributed by atoms with Crippen LogP contribution in [0.5, 0.6) is 0 Å². The first-order valence-corrected chi connectivity index (χ1v) is 8.98.